The first kappa shape index (κ1) is 22.5. The molecule has 3 rings (SSSR count). The van der Waals surface area contributed by atoms with E-state index in [-0.39, 0.29) is 11.7 Å². The summed E-state index contributed by atoms with van der Waals surface area (Å²) >= 11 is 19.5. The molecule has 1 aliphatic heterocycles. The van der Waals surface area contributed by atoms with Gasteiger partial charge in [-0.15, -0.1) is 10.2 Å². The minimum absolute atomic E-state index is 0.147. The fourth-order valence-corrected chi connectivity index (χ4v) is 4.53. The summed E-state index contributed by atoms with van der Waals surface area (Å²) < 4.78 is 7.49. The van der Waals surface area contributed by atoms with E-state index in [1.54, 1.807) is 0 Å². The van der Waals surface area contributed by atoms with Gasteiger partial charge in [0.05, 0.1) is 34.7 Å². The van der Waals surface area contributed by atoms with Crippen LogP contribution in [0.5, 0.6) is 0 Å². The number of morpholine rings is 1. The Morgan fingerprint density at radius 2 is 1.86 bits per heavy atom. The molecule has 0 unspecified atom stereocenters. The van der Waals surface area contributed by atoms with Crippen LogP contribution in [0.15, 0.2) is 17.3 Å². The number of thioether (sulfide) groups is 1. The van der Waals surface area contributed by atoms with Crippen LogP contribution in [0.4, 0.5) is 11.6 Å². The maximum absolute atomic E-state index is 12.5. The van der Waals surface area contributed by atoms with Crippen LogP contribution >= 0.6 is 46.6 Å². The van der Waals surface area contributed by atoms with Crippen LogP contribution in [0.3, 0.4) is 0 Å². The molecule has 0 bridgehead atoms. The number of hydrogen-bond acceptors (Lipinski definition) is 6. The van der Waals surface area contributed by atoms with Crippen LogP contribution in [-0.2, 0) is 16.1 Å². The van der Waals surface area contributed by atoms with Crippen LogP contribution in [0.1, 0.15) is 13.8 Å². The molecule has 1 aliphatic rings. The second-order valence-corrected chi connectivity index (χ2v) is 9.16. The van der Waals surface area contributed by atoms with Crippen molar-refractivity contribution in [3.05, 3.63) is 27.2 Å². The quantitative estimate of drug-likeness (QED) is 0.592. The van der Waals surface area contributed by atoms with E-state index in [0.717, 1.165) is 25.6 Å². The Labute approximate surface area is 189 Å². The van der Waals surface area contributed by atoms with E-state index in [1.807, 2.05) is 0 Å². The first-order valence-corrected chi connectivity index (χ1v) is 11.3. The second-order valence-electron chi connectivity index (χ2n) is 6.97. The van der Waals surface area contributed by atoms with Gasteiger partial charge in [-0.1, -0.05) is 60.4 Å². The fraction of sp³-hybridized carbons (Fsp3) is 0.500. The van der Waals surface area contributed by atoms with Gasteiger partial charge in [0.1, 0.15) is 0 Å². The third kappa shape index (κ3) is 5.92. The van der Waals surface area contributed by atoms with Gasteiger partial charge in [-0.05, 0) is 18.1 Å². The number of amides is 1. The molecule has 2 heterocycles. The molecule has 0 saturated carbocycles. The molecule has 1 N–H and O–H groups in total. The molecule has 1 aromatic carbocycles. The van der Waals surface area contributed by atoms with Crippen LogP contribution in [0, 0.1) is 5.92 Å². The number of carbonyl (C=O) groups excluding carboxylic acids is 1. The number of nitrogens with zero attached hydrogens (tertiary/aromatic N) is 4. The van der Waals surface area contributed by atoms with Gasteiger partial charge < -0.3 is 15.0 Å². The maximum atomic E-state index is 12.5. The molecular formula is C18H22Cl3N5O2S. The zero-order valence-corrected chi connectivity index (χ0v) is 19.2. The first-order valence-electron chi connectivity index (χ1n) is 9.18. The molecule has 158 valence electrons. The molecule has 0 aliphatic carbocycles. The van der Waals surface area contributed by atoms with Gasteiger partial charge >= 0.3 is 0 Å². The van der Waals surface area contributed by atoms with Crippen LogP contribution in [-0.4, -0.2) is 52.7 Å². The molecule has 29 heavy (non-hydrogen) atoms. The van der Waals surface area contributed by atoms with Gasteiger partial charge in [0.25, 0.3) is 0 Å². The van der Waals surface area contributed by atoms with Gasteiger partial charge in [-0.25, -0.2) is 0 Å². The van der Waals surface area contributed by atoms with Gasteiger partial charge in [0.2, 0.25) is 11.9 Å². The highest BCUT2D eigenvalue weighted by atomic mass is 35.5. The van der Waals surface area contributed by atoms with Crippen molar-refractivity contribution in [1.29, 1.82) is 0 Å². The topological polar surface area (TPSA) is 72.3 Å². The van der Waals surface area contributed by atoms with E-state index >= 15 is 0 Å². The lowest BCUT2D eigenvalue weighted by molar-refractivity contribution is -0.113. The van der Waals surface area contributed by atoms with E-state index < -0.39 is 0 Å². The van der Waals surface area contributed by atoms with Crippen molar-refractivity contribution in [2.75, 3.05) is 42.3 Å². The monoisotopic (exact) mass is 477 g/mol. The molecule has 1 fully saturated rings. The zero-order valence-electron chi connectivity index (χ0n) is 16.1. The molecule has 0 atom stereocenters. The summed E-state index contributed by atoms with van der Waals surface area (Å²) in [5.41, 5.74) is 0.348. The van der Waals surface area contributed by atoms with Crippen LogP contribution in [0.25, 0.3) is 0 Å². The summed E-state index contributed by atoms with van der Waals surface area (Å²) in [6, 6.07) is 3.07. The zero-order chi connectivity index (χ0) is 21.0. The molecular weight excluding hydrogens is 457 g/mol. The number of halogens is 3. The Kier molecular flexibility index (Phi) is 7.92. The minimum Gasteiger partial charge on any atom is -0.378 e. The number of anilines is 2. The maximum Gasteiger partial charge on any atom is 0.234 e. The molecule has 7 nitrogen and oxygen atoms in total. The summed E-state index contributed by atoms with van der Waals surface area (Å²) in [6.07, 6.45) is 0. The Morgan fingerprint density at radius 1 is 1.21 bits per heavy atom. The van der Waals surface area contributed by atoms with Gasteiger partial charge in [-0.2, -0.15) is 0 Å². The fourth-order valence-electron chi connectivity index (χ4n) is 2.88. The largest absolute Gasteiger partial charge is 0.378 e. The van der Waals surface area contributed by atoms with E-state index in [2.05, 4.69) is 38.8 Å². The Bertz CT molecular complexity index is 848. The van der Waals surface area contributed by atoms with Gasteiger partial charge in [0.15, 0.2) is 5.16 Å². The van der Waals surface area contributed by atoms with Crippen LogP contribution < -0.4 is 10.2 Å². The number of hydrogen-bond donors (Lipinski definition) is 1. The minimum atomic E-state index is -0.242. The number of carbonyl (C=O) groups is 1. The van der Waals surface area contributed by atoms with Gasteiger partial charge in [0, 0.05) is 24.7 Å². The third-order valence-electron chi connectivity index (χ3n) is 4.14. The Hall–Kier alpha value is -1.19. The predicted octanol–water partition coefficient (Wildman–Crippen LogP) is 4.46. The van der Waals surface area contributed by atoms with E-state index in [4.69, 9.17) is 39.5 Å². The highest BCUT2D eigenvalue weighted by Crippen LogP contribution is 2.34. The molecule has 2 aromatic rings. The van der Waals surface area contributed by atoms with E-state index in [1.165, 1.54) is 23.9 Å². The van der Waals surface area contributed by atoms with Crippen molar-refractivity contribution in [3.8, 4) is 0 Å². The van der Waals surface area contributed by atoms with E-state index in [9.17, 15) is 4.79 Å². The summed E-state index contributed by atoms with van der Waals surface area (Å²) in [7, 11) is 0. The smallest absolute Gasteiger partial charge is 0.234 e. The summed E-state index contributed by atoms with van der Waals surface area (Å²) in [5, 5.41) is 13.1. The van der Waals surface area contributed by atoms with E-state index in [0.29, 0.717) is 45.0 Å². The number of aromatic nitrogens is 3. The molecule has 11 heteroatoms. The van der Waals surface area contributed by atoms with Gasteiger partial charge in [-0.3, -0.25) is 9.36 Å². The average Bonchev–Trinajstić information content (AvgIpc) is 3.05. The SMILES string of the molecule is CC(C)Cn1c(SCC(=O)Nc2c(Cl)cc(Cl)cc2Cl)nnc1N1CCOCC1. The average molecular weight is 479 g/mol. The number of ether oxygens (including phenoxy) is 1. The lowest BCUT2D eigenvalue weighted by Gasteiger charge is -2.28. The Morgan fingerprint density at radius 3 is 2.48 bits per heavy atom. The standard InChI is InChI=1S/C18H22Cl3N5O2S/c1-11(2)9-26-17(25-3-5-28-6-4-25)23-24-18(26)29-10-15(27)22-16-13(20)7-12(19)8-14(16)21/h7-8,11H,3-6,9-10H2,1-2H3,(H,22,27). The molecule has 1 saturated heterocycles. The lowest BCUT2D eigenvalue weighted by Crippen LogP contribution is -2.38. The molecule has 0 radical (unpaired) electrons. The molecule has 0 spiro atoms. The summed E-state index contributed by atoms with van der Waals surface area (Å²) in [6.45, 7) is 7.91. The summed E-state index contributed by atoms with van der Waals surface area (Å²) in [4.78, 5) is 14.6. The van der Waals surface area contributed by atoms with Crippen molar-refractivity contribution in [2.24, 2.45) is 5.92 Å². The summed E-state index contributed by atoms with van der Waals surface area (Å²) in [5.74, 6) is 1.13. The van der Waals surface area contributed by atoms with Crippen molar-refractivity contribution in [1.82, 2.24) is 14.8 Å². The normalized spacial score (nSPS) is 14.5. The van der Waals surface area contributed by atoms with Crippen LogP contribution in [0.2, 0.25) is 15.1 Å². The highest BCUT2D eigenvalue weighted by molar-refractivity contribution is 7.99. The number of nitrogens with one attached hydrogen (secondary N) is 1. The van der Waals surface area contributed by atoms with Crippen molar-refractivity contribution in [3.63, 3.8) is 0 Å². The Balaban J connectivity index is 1.69. The highest BCUT2D eigenvalue weighted by Gasteiger charge is 2.22. The lowest BCUT2D eigenvalue weighted by atomic mass is 10.2. The first-order chi connectivity index (χ1) is 13.8. The number of benzene rings is 1. The van der Waals surface area contributed by atoms with Crippen molar-refractivity contribution < 1.29 is 9.53 Å². The van der Waals surface area contributed by atoms with Crippen molar-refractivity contribution >= 4 is 64.1 Å². The number of rotatable bonds is 7. The third-order valence-corrected chi connectivity index (χ3v) is 5.92. The molecule has 1 aromatic heterocycles. The molecule has 1 amide bonds. The van der Waals surface area contributed by atoms with Crippen molar-refractivity contribution in [2.45, 2.75) is 25.5 Å². The predicted molar refractivity (Wildman–Crippen MR) is 119 cm³/mol. The second kappa shape index (κ2) is 10.2.